The fourth-order valence-corrected chi connectivity index (χ4v) is 2.00. The van der Waals surface area contributed by atoms with E-state index in [9.17, 15) is 9.59 Å². The van der Waals surface area contributed by atoms with Crippen molar-refractivity contribution < 1.29 is 19.4 Å². The van der Waals surface area contributed by atoms with Gasteiger partial charge in [0.25, 0.3) is 0 Å². The Hall–Kier alpha value is -1.23. The van der Waals surface area contributed by atoms with Crippen LogP contribution in [0.3, 0.4) is 0 Å². The lowest BCUT2D eigenvalue weighted by Gasteiger charge is -2.11. The van der Waals surface area contributed by atoms with Crippen LogP contribution in [-0.2, 0) is 14.3 Å². The number of thioether (sulfide) groups is 1. The number of aliphatic carboxylic acids is 1. The number of carboxylic acids is 1. The van der Waals surface area contributed by atoms with Crippen molar-refractivity contribution in [3.8, 4) is 0 Å². The van der Waals surface area contributed by atoms with E-state index in [4.69, 9.17) is 9.84 Å². The maximum Gasteiger partial charge on any atom is 0.345 e. The summed E-state index contributed by atoms with van der Waals surface area (Å²) in [5, 5.41) is 8.87. The zero-order valence-electron chi connectivity index (χ0n) is 9.93. The van der Waals surface area contributed by atoms with Gasteiger partial charge in [-0.3, -0.25) is 0 Å². The van der Waals surface area contributed by atoms with E-state index in [1.807, 2.05) is 0 Å². The molecule has 0 radical (unpaired) electrons. The van der Waals surface area contributed by atoms with Gasteiger partial charge in [0.1, 0.15) is 0 Å². The highest BCUT2D eigenvalue weighted by Gasteiger charge is 2.20. The molecule has 0 rings (SSSR count). The Morgan fingerprint density at radius 2 is 2.24 bits per heavy atom. The summed E-state index contributed by atoms with van der Waals surface area (Å²) in [5.41, 5.74) is 0. The van der Waals surface area contributed by atoms with Gasteiger partial charge in [-0.05, 0) is 12.2 Å². The molecule has 17 heavy (non-hydrogen) atoms. The van der Waals surface area contributed by atoms with Crippen molar-refractivity contribution >= 4 is 23.7 Å². The number of hydrogen-bond donors (Lipinski definition) is 1. The molecule has 0 aromatic rings. The van der Waals surface area contributed by atoms with Crippen molar-refractivity contribution in [2.24, 2.45) is 0 Å². The Kier molecular flexibility index (Phi) is 9.24. The quantitative estimate of drug-likeness (QED) is 0.297. The van der Waals surface area contributed by atoms with Crippen LogP contribution < -0.4 is 0 Å². The van der Waals surface area contributed by atoms with Gasteiger partial charge in [-0.1, -0.05) is 32.1 Å². The van der Waals surface area contributed by atoms with Crippen LogP contribution in [0.5, 0.6) is 0 Å². The summed E-state index contributed by atoms with van der Waals surface area (Å²) in [6.07, 6.45) is 4.99. The minimum Gasteiger partial charge on any atom is -0.478 e. The summed E-state index contributed by atoms with van der Waals surface area (Å²) >= 11 is 1.48. The highest BCUT2D eigenvalue weighted by atomic mass is 32.2. The van der Waals surface area contributed by atoms with E-state index >= 15 is 0 Å². The number of esters is 1. The summed E-state index contributed by atoms with van der Waals surface area (Å²) in [7, 11) is 0. The van der Waals surface area contributed by atoms with Gasteiger partial charge >= 0.3 is 11.9 Å². The lowest BCUT2D eigenvalue weighted by atomic mass is 10.4. The summed E-state index contributed by atoms with van der Waals surface area (Å²) in [6.45, 7) is 5.47. The summed E-state index contributed by atoms with van der Waals surface area (Å²) in [4.78, 5) is 22.0. The number of ether oxygens (including phenoxy) is 1. The molecule has 5 heteroatoms. The molecule has 0 amide bonds. The average Bonchev–Trinajstić information content (AvgIpc) is 2.30. The molecule has 0 heterocycles. The Morgan fingerprint density at radius 1 is 1.53 bits per heavy atom. The fourth-order valence-electron chi connectivity index (χ4n) is 0.919. The molecular formula is C12H18O4S. The van der Waals surface area contributed by atoms with E-state index in [-0.39, 0.29) is 5.75 Å². The minimum atomic E-state index is -1.12. The second-order valence-electron chi connectivity index (χ2n) is 3.29. The highest BCUT2D eigenvalue weighted by Crippen LogP contribution is 2.09. The Bertz CT molecular complexity index is 286. The molecule has 0 aromatic heterocycles. The number of hydrogen-bond acceptors (Lipinski definition) is 4. The first-order valence-corrected chi connectivity index (χ1v) is 6.57. The minimum absolute atomic E-state index is 0.281. The van der Waals surface area contributed by atoms with Crippen molar-refractivity contribution in [2.75, 3.05) is 11.5 Å². The lowest BCUT2D eigenvalue weighted by molar-refractivity contribution is -0.158. The first-order chi connectivity index (χ1) is 8.11. The van der Waals surface area contributed by atoms with Crippen molar-refractivity contribution in [1.29, 1.82) is 0 Å². The standard InChI is InChI=1S/C12H18O4S/c1-3-5-7-11(13)16-10(12(14)15)9-17-8-6-4-2/h3,5,7,10H,1,4,6,8-9H2,2H3,(H,14,15). The van der Waals surface area contributed by atoms with Gasteiger partial charge in [-0.2, -0.15) is 11.8 Å². The average molecular weight is 258 g/mol. The van der Waals surface area contributed by atoms with Crippen molar-refractivity contribution in [3.05, 3.63) is 24.8 Å². The van der Waals surface area contributed by atoms with Crippen molar-refractivity contribution in [1.82, 2.24) is 0 Å². The number of rotatable bonds is 9. The Labute approximate surface area is 106 Å². The largest absolute Gasteiger partial charge is 0.478 e. The molecule has 1 unspecified atom stereocenters. The van der Waals surface area contributed by atoms with Crippen LogP contribution in [0, 0.1) is 0 Å². The molecule has 0 saturated heterocycles. The Balaban J connectivity index is 4.06. The number of allylic oxidation sites excluding steroid dienone is 2. The van der Waals surface area contributed by atoms with Gasteiger partial charge in [-0.25, -0.2) is 9.59 Å². The SMILES string of the molecule is C=CC=CC(=O)OC(CSCCCC)C(=O)O. The number of carbonyl (C=O) groups excluding carboxylic acids is 1. The van der Waals surface area contributed by atoms with Crippen LogP contribution in [0.15, 0.2) is 24.8 Å². The van der Waals surface area contributed by atoms with Crippen LogP contribution in [0.4, 0.5) is 0 Å². The van der Waals surface area contributed by atoms with E-state index in [2.05, 4.69) is 13.5 Å². The molecule has 1 N–H and O–H groups in total. The molecule has 0 fully saturated rings. The molecule has 96 valence electrons. The molecule has 0 saturated carbocycles. The molecule has 0 bridgehead atoms. The van der Waals surface area contributed by atoms with Gasteiger partial charge < -0.3 is 9.84 Å². The maximum atomic E-state index is 11.2. The van der Waals surface area contributed by atoms with E-state index in [1.165, 1.54) is 23.9 Å². The summed E-state index contributed by atoms with van der Waals surface area (Å²) in [6, 6.07) is 0. The van der Waals surface area contributed by atoms with Crippen molar-refractivity contribution in [2.45, 2.75) is 25.9 Å². The zero-order chi connectivity index (χ0) is 13.1. The third-order valence-electron chi connectivity index (χ3n) is 1.81. The molecule has 0 aromatic carbocycles. The molecule has 4 nitrogen and oxygen atoms in total. The van der Waals surface area contributed by atoms with Gasteiger partial charge in [0.15, 0.2) is 0 Å². The van der Waals surface area contributed by atoms with Crippen LogP contribution in [0.2, 0.25) is 0 Å². The predicted octanol–water partition coefficient (Wildman–Crippen LogP) is 2.26. The first kappa shape index (κ1) is 15.8. The number of unbranched alkanes of at least 4 members (excludes halogenated alkanes) is 1. The maximum absolute atomic E-state index is 11.2. The van der Waals surface area contributed by atoms with E-state index < -0.39 is 18.0 Å². The number of carbonyl (C=O) groups is 2. The predicted molar refractivity (Wildman–Crippen MR) is 69.1 cm³/mol. The van der Waals surface area contributed by atoms with Crippen LogP contribution in [0.1, 0.15) is 19.8 Å². The second kappa shape index (κ2) is 9.96. The van der Waals surface area contributed by atoms with Crippen molar-refractivity contribution in [3.63, 3.8) is 0 Å². The highest BCUT2D eigenvalue weighted by molar-refractivity contribution is 7.99. The smallest absolute Gasteiger partial charge is 0.345 e. The zero-order valence-corrected chi connectivity index (χ0v) is 10.7. The monoisotopic (exact) mass is 258 g/mol. The summed E-state index contributed by atoms with van der Waals surface area (Å²) < 4.78 is 4.80. The van der Waals surface area contributed by atoms with Gasteiger partial charge in [-0.15, -0.1) is 0 Å². The lowest BCUT2D eigenvalue weighted by Crippen LogP contribution is -2.28. The Morgan fingerprint density at radius 3 is 2.76 bits per heavy atom. The third kappa shape index (κ3) is 8.56. The molecule has 0 aliphatic rings. The van der Waals surface area contributed by atoms with Crippen LogP contribution in [-0.4, -0.2) is 34.7 Å². The van der Waals surface area contributed by atoms with Gasteiger partial charge in [0, 0.05) is 11.8 Å². The normalized spacial score (nSPS) is 12.3. The molecular weight excluding hydrogens is 240 g/mol. The van der Waals surface area contributed by atoms with Gasteiger partial charge in [0.2, 0.25) is 6.10 Å². The summed E-state index contributed by atoms with van der Waals surface area (Å²) in [5.74, 6) is -0.619. The van der Waals surface area contributed by atoms with E-state index in [1.54, 1.807) is 0 Å². The van der Waals surface area contributed by atoms with Gasteiger partial charge in [0.05, 0.1) is 0 Å². The molecule has 0 spiro atoms. The van der Waals surface area contributed by atoms with E-state index in [0.717, 1.165) is 24.7 Å². The van der Waals surface area contributed by atoms with Crippen LogP contribution >= 0.6 is 11.8 Å². The first-order valence-electron chi connectivity index (χ1n) is 5.42. The third-order valence-corrected chi connectivity index (χ3v) is 2.93. The van der Waals surface area contributed by atoms with Crippen LogP contribution in [0.25, 0.3) is 0 Å². The molecule has 0 aliphatic carbocycles. The molecule has 0 aliphatic heterocycles. The number of carboxylic acid groups (broad SMARTS) is 1. The van der Waals surface area contributed by atoms with E-state index in [0.29, 0.717) is 0 Å². The topological polar surface area (TPSA) is 63.6 Å². The fraction of sp³-hybridized carbons (Fsp3) is 0.500. The molecule has 1 atom stereocenters. The second-order valence-corrected chi connectivity index (χ2v) is 4.44.